The van der Waals surface area contributed by atoms with Crippen LogP contribution in [0.15, 0.2) is 57.7 Å². The maximum atomic E-state index is 13.4. The van der Waals surface area contributed by atoms with Gasteiger partial charge in [0.1, 0.15) is 6.54 Å². The molecule has 1 heterocycles. The number of hydrogen-bond donors (Lipinski definition) is 1. The first kappa shape index (κ1) is 16.4. The lowest BCUT2D eigenvalue weighted by atomic mass is 10.2. The molecule has 0 spiro atoms. The van der Waals surface area contributed by atoms with Gasteiger partial charge in [-0.25, -0.2) is 9.18 Å². The van der Waals surface area contributed by atoms with Crippen molar-refractivity contribution in [2.45, 2.75) is 6.54 Å². The van der Waals surface area contributed by atoms with Gasteiger partial charge in [0.15, 0.2) is 11.6 Å². The summed E-state index contributed by atoms with van der Waals surface area (Å²) in [6, 6.07) is 12.8. The first-order valence-corrected chi connectivity index (χ1v) is 7.33. The Bertz CT molecular complexity index is 950. The van der Waals surface area contributed by atoms with Crippen LogP contribution in [-0.2, 0) is 11.3 Å². The Kier molecular flexibility index (Phi) is 4.60. The maximum Gasteiger partial charge on any atom is 0.437 e. The smallest absolute Gasteiger partial charge is 0.437 e. The largest absolute Gasteiger partial charge is 0.494 e. The topological polar surface area (TPSA) is 86.4 Å². The molecule has 0 aliphatic rings. The SMILES string of the molecule is COc1cc(NC(=O)Cn2nc(-c3ccccc3)oc2=O)ccc1F. The van der Waals surface area contributed by atoms with E-state index in [9.17, 15) is 14.0 Å². The van der Waals surface area contributed by atoms with Crippen molar-refractivity contribution in [3.05, 3.63) is 64.9 Å². The zero-order chi connectivity index (χ0) is 17.8. The Morgan fingerprint density at radius 3 is 2.76 bits per heavy atom. The Balaban J connectivity index is 1.73. The zero-order valence-corrected chi connectivity index (χ0v) is 13.2. The van der Waals surface area contributed by atoms with E-state index in [1.54, 1.807) is 24.3 Å². The number of halogens is 1. The van der Waals surface area contributed by atoms with Crippen molar-refractivity contribution < 1.29 is 18.3 Å². The van der Waals surface area contributed by atoms with E-state index in [0.29, 0.717) is 11.3 Å². The molecular formula is C17H14FN3O4. The van der Waals surface area contributed by atoms with Crippen LogP contribution in [0, 0.1) is 5.82 Å². The number of hydrogen-bond acceptors (Lipinski definition) is 5. The van der Waals surface area contributed by atoms with Crippen molar-refractivity contribution in [1.29, 1.82) is 0 Å². The van der Waals surface area contributed by atoms with E-state index in [1.165, 1.54) is 25.3 Å². The first-order valence-electron chi connectivity index (χ1n) is 7.33. The van der Waals surface area contributed by atoms with Crippen molar-refractivity contribution in [3.63, 3.8) is 0 Å². The minimum absolute atomic E-state index is 0.00256. The number of rotatable bonds is 5. The number of benzene rings is 2. The molecule has 128 valence electrons. The Labute approximate surface area is 141 Å². The maximum absolute atomic E-state index is 13.4. The van der Waals surface area contributed by atoms with Crippen molar-refractivity contribution in [3.8, 4) is 17.2 Å². The number of aromatic nitrogens is 2. The monoisotopic (exact) mass is 343 g/mol. The van der Waals surface area contributed by atoms with Gasteiger partial charge >= 0.3 is 5.76 Å². The molecule has 0 aliphatic carbocycles. The number of carbonyl (C=O) groups excluding carboxylic acids is 1. The highest BCUT2D eigenvalue weighted by Gasteiger charge is 2.14. The number of nitrogens with one attached hydrogen (secondary N) is 1. The van der Waals surface area contributed by atoms with E-state index >= 15 is 0 Å². The highest BCUT2D eigenvalue weighted by atomic mass is 19.1. The fourth-order valence-electron chi connectivity index (χ4n) is 2.18. The summed E-state index contributed by atoms with van der Waals surface area (Å²) in [6.07, 6.45) is 0. The zero-order valence-electron chi connectivity index (χ0n) is 13.2. The number of nitrogens with zero attached hydrogens (tertiary/aromatic N) is 2. The third kappa shape index (κ3) is 3.74. The van der Waals surface area contributed by atoms with Crippen LogP contribution < -0.4 is 15.8 Å². The Hall–Kier alpha value is -3.42. The first-order chi connectivity index (χ1) is 12.1. The van der Waals surface area contributed by atoms with Gasteiger partial charge in [-0.3, -0.25) is 4.79 Å². The molecule has 8 heteroatoms. The van der Waals surface area contributed by atoms with Crippen LogP contribution in [0.3, 0.4) is 0 Å². The van der Waals surface area contributed by atoms with Gasteiger partial charge in [0.05, 0.1) is 7.11 Å². The molecule has 1 N–H and O–H groups in total. The van der Waals surface area contributed by atoms with E-state index < -0.39 is 17.5 Å². The number of ether oxygens (including phenoxy) is 1. The molecule has 25 heavy (non-hydrogen) atoms. The second-order valence-electron chi connectivity index (χ2n) is 5.09. The molecule has 0 saturated carbocycles. The van der Waals surface area contributed by atoms with Gasteiger partial charge in [0.25, 0.3) is 0 Å². The second-order valence-corrected chi connectivity index (χ2v) is 5.09. The van der Waals surface area contributed by atoms with Crippen molar-refractivity contribution >= 4 is 11.6 Å². The number of carbonyl (C=O) groups is 1. The van der Waals surface area contributed by atoms with Gasteiger partial charge < -0.3 is 14.5 Å². The summed E-state index contributed by atoms with van der Waals surface area (Å²) in [4.78, 5) is 23.9. The Morgan fingerprint density at radius 1 is 1.28 bits per heavy atom. The van der Waals surface area contributed by atoms with Crippen LogP contribution in [0.1, 0.15) is 0 Å². The average molecular weight is 343 g/mol. The Morgan fingerprint density at radius 2 is 2.04 bits per heavy atom. The summed E-state index contributed by atoms with van der Waals surface area (Å²) >= 11 is 0. The van der Waals surface area contributed by atoms with Gasteiger partial charge in [0, 0.05) is 17.3 Å². The lowest BCUT2D eigenvalue weighted by Crippen LogP contribution is -2.25. The fourth-order valence-corrected chi connectivity index (χ4v) is 2.18. The summed E-state index contributed by atoms with van der Waals surface area (Å²) in [7, 11) is 1.32. The molecule has 3 aromatic rings. The molecule has 1 amide bonds. The van der Waals surface area contributed by atoms with E-state index in [1.807, 2.05) is 6.07 Å². The second kappa shape index (κ2) is 7.00. The molecule has 0 radical (unpaired) electrons. The van der Waals surface area contributed by atoms with Gasteiger partial charge in [-0.1, -0.05) is 18.2 Å². The van der Waals surface area contributed by atoms with E-state index in [0.717, 1.165) is 4.68 Å². The van der Waals surface area contributed by atoms with Gasteiger partial charge in [-0.2, -0.15) is 4.68 Å². The summed E-state index contributed by atoms with van der Waals surface area (Å²) in [5.41, 5.74) is 0.963. The predicted octanol–water partition coefficient (Wildman–Crippen LogP) is 2.29. The van der Waals surface area contributed by atoms with Crippen molar-refractivity contribution in [2.24, 2.45) is 0 Å². The van der Waals surface area contributed by atoms with E-state index in [-0.39, 0.29) is 18.2 Å². The minimum atomic E-state index is -0.745. The number of amides is 1. The quantitative estimate of drug-likeness (QED) is 0.768. The molecule has 0 atom stereocenters. The standard InChI is InChI=1S/C17H14FN3O4/c1-24-14-9-12(7-8-13(14)18)19-15(22)10-21-17(23)25-16(20-21)11-5-3-2-4-6-11/h2-9H,10H2,1H3,(H,19,22). The molecule has 0 saturated heterocycles. The van der Waals surface area contributed by atoms with E-state index in [2.05, 4.69) is 10.4 Å². The van der Waals surface area contributed by atoms with Crippen LogP contribution in [-0.4, -0.2) is 22.8 Å². The summed E-state index contributed by atoms with van der Waals surface area (Å²) in [6.45, 7) is -0.338. The van der Waals surface area contributed by atoms with Crippen LogP contribution >= 0.6 is 0 Å². The minimum Gasteiger partial charge on any atom is -0.494 e. The van der Waals surface area contributed by atoms with Crippen LogP contribution in [0.25, 0.3) is 11.5 Å². The molecular weight excluding hydrogens is 329 g/mol. The fraction of sp³-hybridized carbons (Fsp3) is 0.118. The lowest BCUT2D eigenvalue weighted by molar-refractivity contribution is -0.117. The number of methoxy groups -OCH3 is 1. The van der Waals surface area contributed by atoms with Gasteiger partial charge in [-0.15, -0.1) is 5.10 Å². The van der Waals surface area contributed by atoms with Crippen LogP contribution in [0.4, 0.5) is 10.1 Å². The van der Waals surface area contributed by atoms with Crippen LogP contribution in [0.5, 0.6) is 5.75 Å². The summed E-state index contributed by atoms with van der Waals surface area (Å²) < 4.78 is 24.2. The van der Waals surface area contributed by atoms with Crippen LogP contribution in [0.2, 0.25) is 0 Å². The summed E-state index contributed by atoms with van der Waals surface area (Å²) in [5.74, 6) is -1.67. The molecule has 0 fully saturated rings. The lowest BCUT2D eigenvalue weighted by Gasteiger charge is -2.07. The molecule has 1 aromatic heterocycles. The highest BCUT2D eigenvalue weighted by molar-refractivity contribution is 5.90. The molecule has 7 nitrogen and oxygen atoms in total. The predicted molar refractivity (Wildman–Crippen MR) is 87.8 cm³/mol. The van der Waals surface area contributed by atoms with Gasteiger partial charge in [-0.05, 0) is 24.3 Å². The molecule has 0 bridgehead atoms. The highest BCUT2D eigenvalue weighted by Crippen LogP contribution is 2.21. The average Bonchev–Trinajstić information content (AvgIpc) is 2.98. The molecule has 0 aliphatic heterocycles. The van der Waals surface area contributed by atoms with E-state index in [4.69, 9.17) is 9.15 Å². The van der Waals surface area contributed by atoms with Crippen molar-refractivity contribution in [1.82, 2.24) is 9.78 Å². The summed E-state index contributed by atoms with van der Waals surface area (Å²) in [5, 5.41) is 6.54. The molecule has 0 unspecified atom stereocenters. The normalized spacial score (nSPS) is 10.5. The third-order valence-corrected chi connectivity index (χ3v) is 3.36. The number of anilines is 1. The molecule has 2 aromatic carbocycles. The molecule has 3 rings (SSSR count). The third-order valence-electron chi connectivity index (χ3n) is 3.36. The van der Waals surface area contributed by atoms with Gasteiger partial charge in [0.2, 0.25) is 11.8 Å². The van der Waals surface area contributed by atoms with Crippen molar-refractivity contribution in [2.75, 3.05) is 12.4 Å².